The molecule has 0 spiro atoms. The SMILES string of the molecule is CCc1nc(N)sc1C(C)=O. The summed E-state index contributed by atoms with van der Waals surface area (Å²) in [5.41, 5.74) is 6.27. The minimum Gasteiger partial charge on any atom is -0.375 e. The number of rotatable bonds is 2. The largest absolute Gasteiger partial charge is 0.375 e. The van der Waals surface area contributed by atoms with E-state index in [0.717, 1.165) is 12.1 Å². The van der Waals surface area contributed by atoms with Crippen LogP contribution in [0.3, 0.4) is 0 Å². The minimum atomic E-state index is 0.0519. The molecule has 0 aliphatic carbocycles. The zero-order valence-electron chi connectivity index (χ0n) is 6.55. The molecule has 0 aliphatic rings. The Morgan fingerprint density at radius 2 is 2.36 bits per heavy atom. The summed E-state index contributed by atoms with van der Waals surface area (Å²) in [5, 5.41) is 0.479. The Bertz CT molecular complexity index is 280. The maximum Gasteiger partial charge on any atom is 0.180 e. The Labute approximate surface area is 69.3 Å². The third kappa shape index (κ3) is 1.57. The van der Waals surface area contributed by atoms with Gasteiger partial charge in [0.2, 0.25) is 0 Å². The standard InChI is InChI=1S/C7H10N2OS/c1-3-5-6(4(2)10)11-7(8)9-5/h3H2,1-2H3,(H2,8,9). The quantitative estimate of drug-likeness (QED) is 0.684. The smallest absolute Gasteiger partial charge is 0.180 e. The molecule has 11 heavy (non-hydrogen) atoms. The number of carbonyl (C=O) groups is 1. The van der Waals surface area contributed by atoms with Crippen LogP contribution in [0, 0.1) is 0 Å². The molecule has 0 amide bonds. The Balaban J connectivity index is 3.12. The van der Waals surface area contributed by atoms with Crippen molar-refractivity contribution in [3.8, 4) is 0 Å². The van der Waals surface area contributed by atoms with Gasteiger partial charge in [0.05, 0.1) is 10.6 Å². The van der Waals surface area contributed by atoms with E-state index in [1.54, 1.807) is 0 Å². The van der Waals surface area contributed by atoms with Crippen LogP contribution in [-0.4, -0.2) is 10.8 Å². The first kappa shape index (κ1) is 8.20. The highest BCUT2D eigenvalue weighted by Crippen LogP contribution is 2.20. The molecule has 60 valence electrons. The third-order valence-electron chi connectivity index (χ3n) is 1.37. The highest BCUT2D eigenvalue weighted by Gasteiger charge is 2.10. The number of aromatic nitrogens is 1. The molecule has 0 bridgehead atoms. The van der Waals surface area contributed by atoms with Crippen molar-refractivity contribution in [3.63, 3.8) is 0 Å². The second-order valence-corrected chi connectivity index (χ2v) is 3.27. The summed E-state index contributed by atoms with van der Waals surface area (Å²) in [5.74, 6) is 0.0519. The van der Waals surface area contributed by atoms with Crippen molar-refractivity contribution in [1.82, 2.24) is 4.98 Å². The van der Waals surface area contributed by atoms with Crippen molar-refractivity contribution in [2.75, 3.05) is 5.73 Å². The van der Waals surface area contributed by atoms with Crippen LogP contribution < -0.4 is 5.73 Å². The van der Waals surface area contributed by atoms with Crippen molar-refractivity contribution in [3.05, 3.63) is 10.6 Å². The number of nitrogens with two attached hydrogens (primary N) is 1. The molecule has 0 aromatic carbocycles. The van der Waals surface area contributed by atoms with E-state index in [0.29, 0.717) is 10.0 Å². The van der Waals surface area contributed by atoms with Crippen LogP contribution in [0.4, 0.5) is 5.13 Å². The summed E-state index contributed by atoms with van der Waals surface area (Å²) < 4.78 is 0. The van der Waals surface area contributed by atoms with Crippen LogP contribution in [0.15, 0.2) is 0 Å². The van der Waals surface area contributed by atoms with Crippen molar-refractivity contribution < 1.29 is 4.79 Å². The summed E-state index contributed by atoms with van der Waals surface area (Å²) >= 11 is 1.26. The van der Waals surface area contributed by atoms with E-state index < -0.39 is 0 Å². The van der Waals surface area contributed by atoms with Crippen LogP contribution in [0.25, 0.3) is 0 Å². The summed E-state index contributed by atoms with van der Waals surface area (Å²) in [6.45, 7) is 3.49. The topological polar surface area (TPSA) is 56.0 Å². The van der Waals surface area contributed by atoms with Crippen molar-refractivity contribution in [1.29, 1.82) is 0 Å². The van der Waals surface area contributed by atoms with Gasteiger partial charge in [-0.25, -0.2) is 4.98 Å². The predicted octanol–water partition coefficient (Wildman–Crippen LogP) is 1.49. The molecule has 4 heteroatoms. The highest BCUT2D eigenvalue weighted by molar-refractivity contribution is 7.17. The summed E-state index contributed by atoms with van der Waals surface area (Å²) in [6.07, 6.45) is 0.766. The third-order valence-corrected chi connectivity index (χ3v) is 2.40. The van der Waals surface area contributed by atoms with Gasteiger partial charge in [-0.05, 0) is 6.42 Å². The maximum absolute atomic E-state index is 11.0. The van der Waals surface area contributed by atoms with E-state index in [1.165, 1.54) is 18.3 Å². The molecule has 3 nitrogen and oxygen atoms in total. The van der Waals surface area contributed by atoms with Gasteiger partial charge in [-0.3, -0.25) is 4.79 Å². The van der Waals surface area contributed by atoms with Crippen LogP contribution in [0.2, 0.25) is 0 Å². The molecule has 0 saturated heterocycles. The van der Waals surface area contributed by atoms with Crippen LogP contribution >= 0.6 is 11.3 Å². The van der Waals surface area contributed by atoms with E-state index in [-0.39, 0.29) is 5.78 Å². The van der Waals surface area contributed by atoms with Crippen LogP contribution in [0.1, 0.15) is 29.2 Å². The van der Waals surface area contributed by atoms with Crippen molar-refractivity contribution in [2.45, 2.75) is 20.3 Å². The number of Topliss-reactive ketones (excluding diaryl/α,β-unsaturated/α-hetero) is 1. The molecular weight excluding hydrogens is 160 g/mol. The number of hydrogen-bond acceptors (Lipinski definition) is 4. The minimum absolute atomic E-state index is 0.0519. The van der Waals surface area contributed by atoms with Gasteiger partial charge >= 0.3 is 0 Å². The average molecular weight is 170 g/mol. The number of nitrogen functional groups attached to an aromatic ring is 1. The lowest BCUT2D eigenvalue weighted by atomic mass is 10.2. The van der Waals surface area contributed by atoms with E-state index in [4.69, 9.17) is 5.73 Å². The van der Waals surface area contributed by atoms with Gasteiger partial charge < -0.3 is 5.73 Å². The van der Waals surface area contributed by atoms with Gasteiger partial charge in [-0.2, -0.15) is 0 Å². The molecule has 2 N–H and O–H groups in total. The van der Waals surface area contributed by atoms with Gasteiger partial charge in [0.25, 0.3) is 0 Å². The molecule has 0 radical (unpaired) electrons. The van der Waals surface area contributed by atoms with Gasteiger partial charge in [0.15, 0.2) is 10.9 Å². The molecule has 0 aliphatic heterocycles. The molecule has 0 saturated carbocycles. The predicted molar refractivity (Wildman–Crippen MR) is 45.9 cm³/mol. The number of nitrogens with zero attached hydrogens (tertiary/aromatic N) is 1. The monoisotopic (exact) mass is 170 g/mol. The van der Waals surface area contributed by atoms with E-state index in [2.05, 4.69) is 4.98 Å². The first-order chi connectivity index (χ1) is 5.15. The fourth-order valence-corrected chi connectivity index (χ4v) is 1.70. The van der Waals surface area contributed by atoms with Gasteiger partial charge in [0.1, 0.15) is 0 Å². The van der Waals surface area contributed by atoms with Crippen LogP contribution in [-0.2, 0) is 6.42 Å². The zero-order chi connectivity index (χ0) is 8.43. The summed E-state index contributed by atoms with van der Waals surface area (Å²) in [6, 6.07) is 0. The summed E-state index contributed by atoms with van der Waals surface area (Å²) in [4.78, 5) is 15.7. The van der Waals surface area contributed by atoms with Crippen molar-refractivity contribution >= 4 is 22.3 Å². The van der Waals surface area contributed by atoms with E-state index in [1.807, 2.05) is 6.92 Å². The lowest BCUT2D eigenvalue weighted by Crippen LogP contribution is -1.93. The number of thiazole rings is 1. The Morgan fingerprint density at radius 3 is 2.73 bits per heavy atom. The normalized spacial score (nSPS) is 10.0. The molecule has 0 fully saturated rings. The first-order valence-corrected chi connectivity index (χ1v) is 4.23. The molecule has 0 unspecified atom stereocenters. The first-order valence-electron chi connectivity index (χ1n) is 3.41. The molecular formula is C7H10N2OS. The molecule has 1 rings (SSSR count). The Kier molecular flexibility index (Phi) is 2.24. The second kappa shape index (κ2) is 3.00. The average Bonchev–Trinajstić information content (AvgIpc) is 2.30. The number of aryl methyl sites for hydroxylation is 1. The highest BCUT2D eigenvalue weighted by atomic mass is 32.1. The number of carbonyl (C=O) groups excluding carboxylic acids is 1. The number of hydrogen-bond donors (Lipinski definition) is 1. The molecule has 1 heterocycles. The summed E-state index contributed by atoms with van der Waals surface area (Å²) in [7, 11) is 0. The Hall–Kier alpha value is -0.900. The molecule has 1 aromatic rings. The lowest BCUT2D eigenvalue weighted by molar-refractivity contribution is 0.102. The maximum atomic E-state index is 11.0. The molecule has 1 aromatic heterocycles. The van der Waals surface area contributed by atoms with Crippen LogP contribution in [0.5, 0.6) is 0 Å². The van der Waals surface area contributed by atoms with E-state index >= 15 is 0 Å². The molecule has 0 atom stereocenters. The van der Waals surface area contributed by atoms with Gasteiger partial charge in [-0.1, -0.05) is 18.3 Å². The van der Waals surface area contributed by atoms with Gasteiger partial charge in [0, 0.05) is 6.92 Å². The number of ketones is 1. The second-order valence-electron chi connectivity index (χ2n) is 2.24. The fraction of sp³-hybridized carbons (Fsp3) is 0.429. The van der Waals surface area contributed by atoms with Crippen molar-refractivity contribution in [2.24, 2.45) is 0 Å². The fourth-order valence-electron chi connectivity index (χ4n) is 0.885. The van der Waals surface area contributed by atoms with Gasteiger partial charge in [-0.15, -0.1) is 0 Å². The Morgan fingerprint density at radius 1 is 1.73 bits per heavy atom. The lowest BCUT2D eigenvalue weighted by Gasteiger charge is -1.90. The zero-order valence-corrected chi connectivity index (χ0v) is 7.36. The van der Waals surface area contributed by atoms with E-state index in [9.17, 15) is 4.79 Å². The number of anilines is 1.